The number of benzene rings is 1. The van der Waals surface area contributed by atoms with Crippen molar-refractivity contribution in [2.24, 2.45) is 7.05 Å². The Morgan fingerprint density at radius 3 is 2.65 bits per heavy atom. The average Bonchev–Trinajstić information content (AvgIpc) is 3.36. The average molecular weight is 596 g/mol. The van der Waals surface area contributed by atoms with Crippen molar-refractivity contribution in [1.82, 2.24) is 29.1 Å². The molecule has 1 aliphatic carbocycles. The van der Waals surface area contributed by atoms with Crippen molar-refractivity contribution >= 4 is 63.2 Å². The predicted octanol–water partition coefficient (Wildman–Crippen LogP) is 4.77. The zero-order valence-electron chi connectivity index (χ0n) is 18.7. The lowest BCUT2D eigenvalue weighted by atomic mass is 10.1. The number of carbonyl (C=O) groups is 1. The first kappa shape index (κ1) is 24.3. The van der Waals surface area contributed by atoms with E-state index in [0.29, 0.717) is 47.0 Å². The molecule has 1 fully saturated rings. The number of anilines is 3. The highest BCUT2D eigenvalue weighted by atomic mass is 127. The van der Waals surface area contributed by atoms with Gasteiger partial charge in [0.2, 0.25) is 6.41 Å². The maximum absolute atomic E-state index is 11.1. The molecule has 13 heteroatoms. The number of nitrogens with zero attached hydrogens (tertiary/aromatic N) is 6. The SMILES string of the molecule is COc1c(Nc2cc(NC=O)nc3c2nc(C)n3PI)cccc1-c1ncn(C)n1.FC1CC1. The number of nitrogens with one attached hydrogen (secondary N) is 2. The second-order valence-corrected chi connectivity index (χ2v) is 9.56. The second-order valence-electron chi connectivity index (χ2n) is 7.50. The quantitative estimate of drug-likeness (QED) is 0.180. The molecule has 1 amide bonds. The lowest BCUT2D eigenvalue weighted by Crippen LogP contribution is -2.02. The van der Waals surface area contributed by atoms with E-state index in [2.05, 4.69) is 52.7 Å². The highest BCUT2D eigenvalue weighted by Gasteiger charge is 2.19. The molecule has 178 valence electrons. The Morgan fingerprint density at radius 2 is 2.06 bits per heavy atom. The predicted molar refractivity (Wildman–Crippen MR) is 140 cm³/mol. The summed E-state index contributed by atoms with van der Waals surface area (Å²) >= 11 is 2.28. The van der Waals surface area contributed by atoms with Crippen molar-refractivity contribution in [1.29, 1.82) is 0 Å². The third kappa shape index (κ3) is 5.27. The van der Waals surface area contributed by atoms with Gasteiger partial charge in [-0.3, -0.25) is 13.8 Å². The number of methoxy groups -OCH3 is 1. The van der Waals surface area contributed by atoms with E-state index in [0.717, 1.165) is 29.9 Å². The molecule has 4 aromatic rings. The highest BCUT2D eigenvalue weighted by Crippen LogP contribution is 2.39. The molecule has 1 aromatic carbocycles. The fourth-order valence-electron chi connectivity index (χ4n) is 3.19. The van der Waals surface area contributed by atoms with Gasteiger partial charge in [-0.1, -0.05) is 6.07 Å². The molecule has 1 saturated carbocycles. The monoisotopic (exact) mass is 596 g/mol. The van der Waals surface area contributed by atoms with Gasteiger partial charge in [-0.2, -0.15) is 5.10 Å². The third-order valence-corrected chi connectivity index (χ3v) is 7.06. The third-order valence-electron chi connectivity index (χ3n) is 4.91. The summed E-state index contributed by atoms with van der Waals surface area (Å²) in [5, 5.41) is 10.4. The number of para-hydroxylation sites is 1. The van der Waals surface area contributed by atoms with Crippen LogP contribution in [0.1, 0.15) is 18.7 Å². The van der Waals surface area contributed by atoms with Crippen LogP contribution in [0.4, 0.5) is 21.6 Å². The minimum absolute atomic E-state index is 0.417. The summed E-state index contributed by atoms with van der Waals surface area (Å²) in [5.74, 6) is 2.44. The Morgan fingerprint density at radius 1 is 1.29 bits per heavy atom. The number of rotatable bonds is 7. The molecule has 1 unspecified atom stereocenters. The molecule has 2 N–H and O–H groups in total. The van der Waals surface area contributed by atoms with Gasteiger partial charge in [-0.05, 0) is 53.9 Å². The first-order valence-electron chi connectivity index (χ1n) is 10.4. The van der Waals surface area contributed by atoms with Gasteiger partial charge < -0.3 is 15.4 Å². The van der Waals surface area contributed by atoms with E-state index in [9.17, 15) is 9.18 Å². The fraction of sp³-hybridized carbons (Fsp3) is 0.286. The smallest absolute Gasteiger partial charge is 0.212 e. The van der Waals surface area contributed by atoms with Crippen LogP contribution in [0.25, 0.3) is 22.6 Å². The van der Waals surface area contributed by atoms with Crippen LogP contribution in [-0.2, 0) is 11.8 Å². The number of halogens is 2. The molecule has 3 heterocycles. The number of fused-ring (bicyclic) bond motifs is 1. The summed E-state index contributed by atoms with van der Waals surface area (Å²) in [6.07, 6.45) is 3.89. The summed E-state index contributed by atoms with van der Waals surface area (Å²) in [5.41, 5.74) is 3.57. The van der Waals surface area contributed by atoms with Gasteiger partial charge in [0, 0.05) is 13.1 Å². The van der Waals surface area contributed by atoms with Gasteiger partial charge in [-0.25, -0.2) is 19.3 Å². The van der Waals surface area contributed by atoms with E-state index in [1.165, 1.54) is 0 Å². The van der Waals surface area contributed by atoms with E-state index < -0.39 is 6.17 Å². The number of aromatic nitrogens is 6. The number of alkyl halides is 1. The maximum atomic E-state index is 11.1. The highest BCUT2D eigenvalue weighted by molar-refractivity contribution is 14.2. The number of imidazole rings is 1. The van der Waals surface area contributed by atoms with Crippen LogP contribution in [0.2, 0.25) is 0 Å². The second kappa shape index (κ2) is 10.6. The Kier molecular flexibility index (Phi) is 7.57. The first-order valence-corrected chi connectivity index (χ1v) is 14.4. The molecular weight excluding hydrogens is 573 g/mol. The van der Waals surface area contributed by atoms with Crippen molar-refractivity contribution in [3.8, 4) is 17.1 Å². The van der Waals surface area contributed by atoms with Crippen LogP contribution in [0, 0.1) is 6.92 Å². The van der Waals surface area contributed by atoms with E-state index in [-0.39, 0.29) is 0 Å². The number of carbonyl (C=O) groups excluding carboxylic acids is 1. The topological polar surface area (TPSA) is 112 Å². The maximum Gasteiger partial charge on any atom is 0.212 e. The van der Waals surface area contributed by atoms with Gasteiger partial charge in [0.1, 0.15) is 29.7 Å². The number of pyridine rings is 1. The van der Waals surface area contributed by atoms with Crippen LogP contribution in [0.15, 0.2) is 30.6 Å². The summed E-state index contributed by atoms with van der Waals surface area (Å²) in [6, 6.07) is 7.44. The van der Waals surface area contributed by atoms with Gasteiger partial charge in [-0.15, -0.1) is 0 Å². The van der Waals surface area contributed by atoms with Crippen LogP contribution >= 0.6 is 28.4 Å². The number of hydrogen-bond acceptors (Lipinski definition) is 7. The molecule has 5 rings (SSSR count). The van der Waals surface area contributed by atoms with E-state index in [1.807, 2.05) is 36.5 Å². The van der Waals surface area contributed by atoms with Crippen molar-refractivity contribution in [3.05, 3.63) is 36.4 Å². The summed E-state index contributed by atoms with van der Waals surface area (Å²) in [4.78, 5) is 24.6. The molecule has 34 heavy (non-hydrogen) atoms. The molecule has 1 atom stereocenters. The molecule has 0 saturated heterocycles. The summed E-state index contributed by atoms with van der Waals surface area (Å²) in [7, 11) is 3.41. The van der Waals surface area contributed by atoms with Crippen molar-refractivity contribution in [2.45, 2.75) is 25.9 Å². The Labute approximate surface area is 210 Å². The van der Waals surface area contributed by atoms with Gasteiger partial charge >= 0.3 is 0 Å². The van der Waals surface area contributed by atoms with Gasteiger partial charge in [0.15, 0.2) is 17.2 Å². The van der Waals surface area contributed by atoms with Crippen molar-refractivity contribution in [3.63, 3.8) is 0 Å². The van der Waals surface area contributed by atoms with Gasteiger partial charge in [0.25, 0.3) is 0 Å². The molecule has 0 spiro atoms. The Balaban J connectivity index is 0.000000620. The number of ether oxygens (including phenoxy) is 1. The lowest BCUT2D eigenvalue weighted by Gasteiger charge is -2.15. The van der Waals surface area contributed by atoms with E-state index in [1.54, 1.807) is 24.2 Å². The number of aryl methyl sites for hydroxylation is 2. The van der Waals surface area contributed by atoms with Crippen molar-refractivity contribution < 1.29 is 13.9 Å². The lowest BCUT2D eigenvalue weighted by molar-refractivity contribution is -0.105. The first-order chi connectivity index (χ1) is 16.4. The zero-order chi connectivity index (χ0) is 24.2. The Hall–Kier alpha value is -2.86. The minimum Gasteiger partial charge on any atom is -0.494 e. The molecule has 0 bridgehead atoms. The van der Waals surface area contributed by atoms with Crippen LogP contribution < -0.4 is 15.4 Å². The molecule has 1 aliphatic rings. The largest absolute Gasteiger partial charge is 0.494 e. The van der Waals surface area contributed by atoms with Crippen LogP contribution in [-0.4, -0.2) is 48.8 Å². The van der Waals surface area contributed by atoms with Crippen LogP contribution in [0.3, 0.4) is 0 Å². The summed E-state index contributed by atoms with van der Waals surface area (Å²) in [6.45, 7) is 1.93. The summed E-state index contributed by atoms with van der Waals surface area (Å²) < 4.78 is 20.4. The van der Waals surface area contributed by atoms with Gasteiger partial charge in [0.05, 0.1) is 30.4 Å². The van der Waals surface area contributed by atoms with E-state index in [4.69, 9.17) is 4.74 Å². The van der Waals surface area contributed by atoms with E-state index >= 15 is 0 Å². The fourth-order valence-corrected chi connectivity index (χ4v) is 5.33. The molecule has 10 nitrogen and oxygen atoms in total. The minimum atomic E-state index is -0.417. The standard InChI is InChI=1S/C18H18IN8O2P.C3H5F/c1-10-22-15-13(7-14(21-9-28)24-18(15)27(10)30-19)23-12-6-4-5-11(16(12)29-3)17-20-8-26(2)25-17;4-3-1-2-3/h4-9,30H,1-3H3,(H2,21,23,24,28);3H,1-2H2. The van der Waals surface area contributed by atoms with Crippen molar-refractivity contribution in [2.75, 3.05) is 17.7 Å². The molecular formula is C21H23FIN8O2P. The number of hydrogen-bond donors (Lipinski definition) is 2. The normalized spacial score (nSPS) is 13.1. The number of amides is 1. The molecule has 3 aromatic heterocycles. The van der Waals surface area contributed by atoms with Crippen LogP contribution in [0.5, 0.6) is 5.75 Å². The Bertz CT molecular complexity index is 1320. The molecule has 0 aliphatic heterocycles. The zero-order valence-corrected chi connectivity index (χ0v) is 21.9. The molecule has 0 radical (unpaired) electrons.